The Morgan fingerprint density at radius 3 is 2.68 bits per heavy atom. The van der Waals surface area contributed by atoms with Crippen LogP contribution in [0.1, 0.15) is 0 Å². The van der Waals surface area contributed by atoms with Gasteiger partial charge in [0.15, 0.2) is 0 Å². The van der Waals surface area contributed by atoms with E-state index in [9.17, 15) is 4.21 Å². The lowest BCUT2D eigenvalue weighted by atomic mass is 10.3. The van der Waals surface area contributed by atoms with Crippen LogP contribution < -0.4 is 14.9 Å². The molecule has 11 heteroatoms. The monoisotopic (exact) mass is 479 g/mol. The predicted octanol–water partition coefficient (Wildman–Crippen LogP) is 3.27. The van der Waals surface area contributed by atoms with Crippen molar-refractivity contribution < 1.29 is 4.21 Å². The number of anilines is 3. The molecule has 1 fully saturated rings. The number of benzene rings is 1. The largest absolute Gasteiger partial charge is 0.368 e. The summed E-state index contributed by atoms with van der Waals surface area (Å²) in [5.41, 5.74) is 1.36. The van der Waals surface area contributed by atoms with Gasteiger partial charge < -0.3 is 19.8 Å². The standard InChI is InChI=1S/C20H23Cl2N7OS/c1-28-7-9-29(10-8-28)20-25-17-13-24-18(22)12-14(17)19(26-20)23-6-11-31(30)27-16-5-3-2-4-15(16)21/h2-5,12-13,27H,6-11H2,1H3,(H,23,25,26). The third kappa shape index (κ3) is 5.54. The topological polar surface area (TPSA) is 86.3 Å². The number of rotatable bonds is 7. The molecule has 0 radical (unpaired) electrons. The van der Waals surface area contributed by atoms with Crippen molar-refractivity contribution in [1.29, 1.82) is 0 Å². The number of likely N-dealkylation sites (N-methyl/N-ethyl adjacent to an activating group) is 1. The first-order valence-corrected chi connectivity index (χ1v) is 12.0. The third-order valence-electron chi connectivity index (χ3n) is 5.00. The summed E-state index contributed by atoms with van der Waals surface area (Å²) in [7, 11) is 0.804. The number of para-hydroxylation sites is 1. The van der Waals surface area contributed by atoms with Crippen molar-refractivity contribution in [2.45, 2.75) is 0 Å². The molecule has 0 spiro atoms. The maximum Gasteiger partial charge on any atom is 0.228 e. The highest BCUT2D eigenvalue weighted by atomic mass is 35.5. The Bertz CT molecular complexity index is 1090. The molecule has 2 aromatic heterocycles. The molecular weight excluding hydrogens is 457 g/mol. The zero-order valence-corrected chi connectivity index (χ0v) is 19.3. The molecule has 164 valence electrons. The van der Waals surface area contributed by atoms with Crippen LogP contribution in [0.15, 0.2) is 36.5 Å². The Morgan fingerprint density at radius 2 is 1.90 bits per heavy atom. The second-order valence-corrected chi connectivity index (χ2v) is 9.34. The molecule has 31 heavy (non-hydrogen) atoms. The SMILES string of the molecule is CN1CCN(c2nc(NCCS(=O)Nc3ccccc3Cl)c3cc(Cl)ncc3n2)CC1. The molecule has 0 bridgehead atoms. The van der Waals surface area contributed by atoms with Crippen LogP contribution in [0.3, 0.4) is 0 Å². The molecule has 1 atom stereocenters. The van der Waals surface area contributed by atoms with Gasteiger partial charge in [0.2, 0.25) is 5.95 Å². The fraction of sp³-hybridized carbons (Fsp3) is 0.350. The van der Waals surface area contributed by atoms with Crippen molar-refractivity contribution in [3.8, 4) is 0 Å². The normalized spacial score (nSPS) is 15.8. The number of aromatic nitrogens is 3. The third-order valence-corrected chi connectivity index (χ3v) is 6.56. The minimum Gasteiger partial charge on any atom is -0.368 e. The van der Waals surface area contributed by atoms with Gasteiger partial charge >= 0.3 is 0 Å². The van der Waals surface area contributed by atoms with Crippen LogP contribution in [0.4, 0.5) is 17.5 Å². The van der Waals surface area contributed by atoms with Gasteiger partial charge in [0.05, 0.1) is 28.2 Å². The van der Waals surface area contributed by atoms with Crippen molar-refractivity contribution in [1.82, 2.24) is 19.9 Å². The van der Waals surface area contributed by atoms with Crippen LogP contribution in [0, 0.1) is 0 Å². The molecule has 1 saturated heterocycles. The Kier molecular flexibility index (Phi) is 7.06. The lowest BCUT2D eigenvalue weighted by Gasteiger charge is -2.32. The summed E-state index contributed by atoms with van der Waals surface area (Å²) < 4.78 is 15.4. The highest BCUT2D eigenvalue weighted by Crippen LogP contribution is 2.26. The highest BCUT2D eigenvalue weighted by Gasteiger charge is 2.19. The van der Waals surface area contributed by atoms with E-state index in [1.165, 1.54) is 0 Å². The summed E-state index contributed by atoms with van der Waals surface area (Å²) in [6, 6.07) is 8.96. The first kappa shape index (κ1) is 22.0. The number of nitrogens with one attached hydrogen (secondary N) is 2. The predicted molar refractivity (Wildman–Crippen MR) is 129 cm³/mol. The smallest absolute Gasteiger partial charge is 0.228 e. The first-order valence-electron chi connectivity index (χ1n) is 9.90. The van der Waals surface area contributed by atoms with E-state index >= 15 is 0 Å². The average Bonchev–Trinajstić information content (AvgIpc) is 2.76. The number of nitrogens with zero attached hydrogens (tertiary/aromatic N) is 5. The van der Waals surface area contributed by atoms with Crippen LogP contribution in [0.25, 0.3) is 10.9 Å². The molecule has 1 aliphatic heterocycles. The zero-order chi connectivity index (χ0) is 21.8. The van der Waals surface area contributed by atoms with Gasteiger partial charge in [-0.15, -0.1) is 0 Å². The summed E-state index contributed by atoms with van der Waals surface area (Å²) in [5, 5.41) is 4.98. The van der Waals surface area contributed by atoms with Crippen LogP contribution in [0.5, 0.6) is 0 Å². The van der Waals surface area contributed by atoms with E-state index in [0.29, 0.717) is 45.4 Å². The Morgan fingerprint density at radius 1 is 1.13 bits per heavy atom. The summed E-state index contributed by atoms with van der Waals surface area (Å²) in [6.45, 7) is 4.06. The summed E-state index contributed by atoms with van der Waals surface area (Å²) in [6.07, 6.45) is 1.65. The van der Waals surface area contributed by atoms with Crippen molar-refractivity contribution in [2.75, 3.05) is 60.5 Å². The fourth-order valence-corrected chi connectivity index (χ4v) is 4.47. The summed E-state index contributed by atoms with van der Waals surface area (Å²) in [5.74, 6) is 1.67. The van der Waals surface area contributed by atoms with E-state index in [1.807, 2.05) is 12.1 Å². The van der Waals surface area contributed by atoms with Gasteiger partial charge in [0.1, 0.15) is 22.0 Å². The average molecular weight is 480 g/mol. The van der Waals surface area contributed by atoms with Gasteiger partial charge in [0.25, 0.3) is 0 Å². The van der Waals surface area contributed by atoms with Crippen LogP contribution in [0.2, 0.25) is 10.2 Å². The number of fused-ring (bicyclic) bond motifs is 1. The van der Waals surface area contributed by atoms with E-state index in [0.717, 1.165) is 31.6 Å². The Balaban J connectivity index is 1.48. The molecule has 8 nitrogen and oxygen atoms in total. The molecule has 3 heterocycles. The second-order valence-electron chi connectivity index (χ2n) is 7.25. The fourth-order valence-electron chi connectivity index (χ4n) is 3.26. The van der Waals surface area contributed by atoms with Crippen molar-refractivity contribution in [3.63, 3.8) is 0 Å². The number of hydrogen-bond acceptors (Lipinski definition) is 7. The van der Waals surface area contributed by atoms with Gasteiger partial charge in [-0.1, -0.05) is 35.3 Å². The molecular formula is C20H23Cl2N7OS. The molecule has 0 aliphatic carbocycles. The van der Waals surface area contributed by atoms with E-state index in [2.05, 4.69) is 36.9 Å². The van der Waals surface area contributed by atoms with Crippen molar-refractivity contribution in [3.05, 3.63) is 46.7 Å². The summed E-state index contributed by atoms with van der Waals surface area (Å²) in [4.78, 5) is 18.0. The number of hydrogen-bond donors (Lipinski definition) is 2. The Labute approximate surface area is 193 Å². The molecule has 2 N–H and O–H groups in total. The van der Waals surface area contributed by atoms with E-state index in [4.69, 9.17) is 28.2 Å². The van der Waals surface area contributed by atoms with Crippen molar-refractivity contribution >= 4 is 62.5 Å². The number of piperazine rings is 1. The highest BCUT2D eigenvalue weighted by molar-refractivity contribution is 7.86. The van der Waals surface area contributed by atoms with E-state index in [-0.39, 0.29) is 0 Å². The minimum absolute atomic E-state index is 0.360. The zero-order valence-electron chi connectivity index (χ0n) is 17.0. The molecule has 1 aliphatic rings. The molecule has 1 unspecified atom stereocenters. The first-order chi connectivity index (χ1) is 15.0. The van der Waals surface area contributed by atoms with E-state index < -0.39 is 11.0 Å². The lowest BCUT2D eigenvalue weighted by molar-refractivity contribution is 0.311. The van der Waals surface area contributed by atoms with Crippen molar-refractivity contribution in [2.24, 2.45) is 0 Å². The van der Waals surface area contributed by atoms with Crippen LogP contribution >= 0.6 is 23.2 Å². The molecule has 3 aromatic rings. The molecule has 0 saturated carbocycles. The maximum atomic E-state index is 12.4. The van der Waals surface area contributed by atoms with Gasteiger partial charge in [-0.05, 0) is 25.2 Å². The number of halogens is 2. The lowest BCUT2D eigenvalue weighted by Crippen LogP contribution is -2.45. The molecule has 4 rings (SSSR count). The quantitative estimate of drug-likeness (QED) is 0.502. The van der Waals surface area contributed by atoms with Gasteiger partial charge in [0, 0.05) is 38.1 Å². The molecule has 1 aromatic carbocycles. The Hall–Kier alpha value is -2.20. The van der Waals surface area contributed by atoms with Crippen LogP contribution in [-0.4, -0.2) is 69.6 Å². The van der Waals surface area contributed by atoms with Crippen LogP contribution in [-0.2, 0) is 11.0 Å². The maximum absolute atomic E-state index is 12.4. The van der Waals surface area contributed by atoms with Gasteiger partial charge in [-0.3, -0.25) is 0 Å². The second kappa shape index (κ2) is 9.95. The number of pyridine rings is 1. The van der Waals surface area contributed by atoms with Gasteiger partial charge in [-0.2, -0.15) is 4.98 Å². The summed E-state index contributed by atoms with van der Waals surface area (Å²) >= 11 is 12.2. The minimum atomic E-state index is -1.30. The van der Waals surface area contributed by atoms with Gasteiger partial charge in [-0.25, -0.2) is 14.2 Å². The molecule has 0 amide bonds. The van der Waals surface area contributed by atoms with E-state index in [1.54, 1.807) is 24.4 Å².